The summed E-state index contributed by atoms with van der Waals surface area (Å²) in [6, 6.07) is 2.71. The van der Waals surface area contributed by atoms with Crippen LogP contribution in [0.25, 0.3) is 0 Å². The molecule has 8 nitrogen and oxygen atoms in total. The molecular weight excluding hydrogens is 273 g/mol. The van der Waals surface area contributed by atoms with E-state index in [-0.39, 0.29) is 5.88 Å². The fraction of sp³-hybridized carbons (Fsp3) is 0.0909. The lowest BCUT2D eigenvalue weighted by Gasteiger charge is -2.05. The number of aromatic nitrogens is 2. The SMILES string of the molecule is Cc1cc(Oc2cc(C(=O)O)c([N+](=O)[O-])cc2F)n[nH]1. The highest BCUT2D eigenvalue weighted by Gasteiger charge is 2.24. The topological polar surface area (TPSA) is 118 Å². The van der Waals surface area contributed by atoms with E-state index in [0.717, 1.165) is 6.07 Å². The normalized spacial score (nSPS) is 10.3. The first kappa shape index (κ1) is 13.5. The quantitative estimate of drug-likeness (QED) is 0.655. The predicted octanol–water partition coefficient (Wildman–Crippen LogP) is 2.26. The minimum Gasteiger partial charge on any atom is -0.477 e. The number of H-pyrrole nitrogens is 1. The number of nitro benzene ring substituents is 1. The number of aromatic amines is 1. The number of nitrogens with one attached hydrogen (secondary N) is 1. The molecule has 20 heavy (non-hydrogen) atoms. The van der Waals surface area contributed by atoms with Gasteiger partial charge in [-0.05, 0) is 6.92 Å². The molecule has 0 saturated carbocycles. The summed E-state index contributed by atoms with van der Waals surface area (Å²) in [6.45, 7) is 1.69. The summed E-state index contributed by atoms with van der Waals surface area (Å²) < 4.78 is 18.7. The van der Waals surface area contributed by atoms with Crippen LogP contribution in [0, 0.1) is 22.9 Å². The van der Waals surface area contributed by atoms with Crippen molar-refractivity contribution >= 4 is 11.7 Å². The second-order valence-electron chi connectivity index (χ2n) is 3.85. The Morgan fingerprint density at radius 1 is 1.50 bits per heavy atom. The van der Waals surface area contributed by atoms with E-state index < -0.39 is 33.7 Å². The zero-order valence-corrected chi connectivity index (χ0v) is 10.1. The lowest BCUT2D eigenvalue weighted by molar-refractivity contribution is -0.385. The van der Waals surface area contributed by atoms with Gasteiger partial charge in [0, 0.05) is 17.8 Å². The molecule has 0 fully saturated rings. The Balaban J connectivity index is 2.46. The summed E-state index contributed by atoms with van der Waals surface area (Å²) in [7, 11) is 0. The van der Waals surface area contributed by atoms with Crippen molar-refractivity contribution in [2.24, 2.45) is 0 Å². The van der Waals surface area contributed by atoms with Gasteiger partial charge in [-0.1, -0.05) is 0 Å². The highest BCUT2D eigenvalue weighted by atomic mass is 19.1. The van der Waals surface area contributed by atoms with Crippen LogP contribution in [0.2, 0.25) is 0 Å². The molecule has 9 heteroatoms. The Morgan fingerprint density at radius 2 is 2.20 bits per heavy atom. The van der Waals surface area contributed by atoms with Crippen molar-refractivity contribution in [3.63, 3.8) is 0 Å². The van der Waals surface area contributed by atoms with E-state index >= 15 is 0 Å². The van der Waals surface area contributed by atoms with Gasteiger partial charge in [0.15, 0.2) is 11.6 Å². The van der Waals surface area contributed by atoms with Crippen LogP contribution in [-0.4, -0.2) is 26.2 Å². The van der Waals surface area contributed by atoms with E-state index in [1.165, 1.54) is 6.07 Å². The highest BCUT2D eigenvalue weighted by molar-refractivity contribution is 5.92. The third-order valence-electron chi connectivity index (χ3n) is 2.37. The van der Waals surface area contributed by atoms with Crippen molar-refractivity contribution in [3.05, 3.63) is 45.4 Å². The molecule has 0 atom stereocenters. The van der Waals surface area contributed by atoms with E-state index in [4.69, 9.17) is 9.84 Å². The average Bonchev–Trinajstić information content (AvgIpc) is 2.76. The maximum atomic E-state index is 13.7. The molecule has 0 amide bonds. The molecule has 0 saturated heterocycles. The van der Waals surface area contributed by atoms with Crippen LogP contribution >= 0.6 is 0 Å². The van der Waals surface area contributed by atoms with Crippen molar-refractivity contribution in [1.82, 2.24) is 10.2 Å². The maximum Gasteiger partial charge on any atom is 0.342 e. The van der Waals surface area contributed by atoms with Gasteiger partial charge >= 0.3 is 5.97 Å². The second-order valence-corrected chi connectivity index (χ2v) is 3.85. The van der Waals surface area contributed by atoms with E-state index in [1.54, 1.807) is 6.92 Å². The molecule has 104 valence electrons. The summed E-state index contributed by atoms with van der Waals surface area (Å²) in [5.41, 5.74) is -0.861. The molecule has 0 aliphatic carbocycles. The Hall–Kier alpha value is -2.97. The van der Waals surface area contributed by atoms with Crippen molar-refractivity contribution < 1.29 is 24.0 Å². The standard InChI is InChI=1S/C11H8FN3O5/c1-5-2-10(14-13-5)20-9-3-6(11(16)17)8(15(18)19)4-7(9)12/h2-4H,1H3,(H,13,14)(H,16,17). The lowest BCUT2D eigenvalue weighted by Crippen LogP contribution is -2.04. The number of carboxylic acid groups (broad SMARTS) is 1. The van der Waals surface area contributed by atoms with Gasteiger partial charge < -0.3 is 9.84 Å². The summed E-state index contributed by atoms with van der Waals surface area (Å²) >= 11 is 0. The molecular formula is C11H8FN3O5. The number of rotatable bonds is 4. The van der Waals surface area contributed by atoms with Gasteiger partial charge in [-0.2, -0.15) is 0 Å². The van der Waals surface area contributed by atoms with Gasteiger partial charge in [-0.3, -0.25) is 15.2 Å². The number of benzene rings is 1. The monoisotopic (exact) mass is 281 g/mol. The van der Waals surface area contributed by atoms with Crippen LogP contribution in [0.4, 0.5) is 10.1 Å². The number of hydrogen-bond acceptors (Lipinski definition) is 5. The Kier molecular flexibility index (Phi) is 3.34. The van der Waals surface area contributed by atoms with Gasteiger partial charge in [0.25, 0.3) is 5.69 Å². The number of ether oxygens (including phenoxy) is 1. The van der Waals surface area contributed by atoms with Crippen LogP contribution in [0.3, 0.4) is 0 Å². The minimum atomic E-state index is -1.56. The minimum absolute atomic E-state index is 0.0200. The zero-order valence-electron chi connectivity index (χ0n) is 10.1. The van der Waals surface area contributed by atoms with Crippen molar-refractivity contribution in [2.75, 3.05) is 0 Å². The molecule has 1 heterocycles. The Labute approximate surface area is 111 Å². The number of hydrogen-bond donors (Lipinski definition) is 2. The van der Waals surface area contributed by atoms with E-state index in [2.05, 4.69) is 10.2 Å². The van der Waals surface area contributed by atoms with E-state index in [9.17, 15) is 19.3 Å². The van der Waals surface area contributed by atoms with Crippen LogP contribution < -0.4 is 4.74 Å². The summed E-state index contributed by atoms with van der Waals surface area (Å²) in [5.74, 6) is -3.05. The Morgan fingerprint density at radius 3 is 2.70 bits per heavy atom. The first-order chi connectivity index (χ1) is 9.38. The highest BCUT2D eigenvalue weighted by Crippen LogP contribution is 2.30. The smallest absolute Gasteiger partial charge is 0.342 e. The zero-order chi connectivity index (χ0) is 14.9. The molecule has 0 aliphatic rings. The van der Waals surface area contributed by atoms with E-state index in [1.807, 2.05) is 0 Å². The number of halogens is 1. The third-order valence-corrected chi connectivity index (χ3v) is 2.37. The second kappa shape index (κ2) is 4.96. The third kappa shape index (κ3) is 2.55. The fourth-order valence-corrected chi connectivity index (χ4v) is 1.50. The van der Waals surface area contributed by atoms with Crippen molar-refractivity contribution in [3.8, 4) is 11.6 Å². The van der Waals surface area contributed by atoms with Gasteiger partial charge in [0.2, 0.25) is 5.88 Å². The summed E-state index contributed by atoms with van der Waals surface area (Å²) in [4.78, 5) is 20.6. The number of nitrogens with zero attached hydrogens (tertiary/aromatic N) is 2. The molecule has 0 aliphatic heterocycles. The molecule has 2 aromatic rings. The number of nitro groups is 1. The maximum absolute atomic E-state index is 13.7. The molecule has 0 radical (unpaired) electrons. The van der Waals surface area contributed by atoms with Gasteiger partial charge in [-0.25, -0.2) is 9.18 Å². The molecule has 2 N–H and O–H groups in total. The predicted molar refractivity (Wildman–Crippen MR) is 63.4 cm³/mol. The number of aryl methyl sites for hydroxylation is 1. The van der Waals surface area contributed by atoms with Crippen LogP contribution in [0.5, 0.6) is 11.6 Å². The number of aromatic carboxylic acids is 1. The first-order valence-corrected chi connectivity index (χ1v) is 5.29. The largest absolute Gasteiger partial charge is 0.477 e. The average molecular weight is 281 g/mol. The lowest BCUT2D eigenvalue weighted by atomic mass is 10.1. The van der Waals surface area contributed by atoms with Crippen LogP contribution in [0.15, 0.2) is 18.2 Å². The molecule has 0 spiro atoms. The molecule has 2 rings (SSSR count). The molecule has 0 unspecified atom stereocenters. The number of carboxylic acids is 1. The molecule has 0 bridgehead atoms. The Bertz CT molecular complexity index is 697. The van der Waals surface area contributed by atoms with Crippen LogP contribution in [-0.2, 0) is 0 Å². The van der Waals surface area contributed by atoms with Crippen molar-refractivity contribution in [1.29, 1.82) is 0 Å². The first-order valence-electron chi connectivity index (χ1n) is 5.29. The fourth-order valence-electron chi connectivity index (χ4n) is 1.50. The van der Waals surface area contributed by atoms with Crippen LogP contribution in [0.1, 0.15) is 16.1 Å². The van der Waals surface area contributed by atoms with Gasteiger partial charge in [0.05, 0.1) is 11.0 Å². The summed E-state index contributed by atoms with van der Waals surface area (Å²) in [5, 5.41) is 25.8. The molecule has 1 aromatic carbocycles. The number of carbonyl (C=O) groups is 1. The van der Waals surface area contributed by atoms with Gasteiger partial charge in [-0.15, -0.1) is 5.10 Å². The van der Waals surface area contributed by atoms with E-state index in [0.29, 0.717) is 11.8 Å². The van der Waals surface area contributed by atoms with Gasteiger partial charge in [0.1, 0.15) is 5.56 Å². The van der Waals surface area contributed by atoms with Crippen molar-refractivity contribution in [2.45, 2.75) is 6.92 Å². The molecule has 1 aromatic heterocycles. The summed E-state index contributed by atoms with van der Waals surface area (Å²) in [6.07, 6.45) is 0.